The van der Waals surface area contributed by atoms with Crippen molar-refractivity contribution in [2.45, 2.75) is 26.3 Å². The standard InChI is InChI=1S/C15H16N2O2/c1-11-3-2-4-12(7-11)8-15(18)17-6-5-14-13(10-17)9-16-19-14/h2-4,7,9H,5-6,8,10H2,1H3. The zero-order chi connectivity index (χ0) is 13.2. The van der Waals surface area contributed by atoms with E-state index < -0.39 is 0 Å². The fourth-order valence-electron chi connectivity index (χ4n) is 2.46. The highest BCUT2D eigenvalue weighted by atomic mass is 16.5. The van der Waals surface area contributed by atoms with Crippen LogP contribution in [0.2, 0.25) is 0 Å². The van der Waals surface area contributed by atoms with Gasteiger partial charge < -0.3 is 9.42 Å². The quantitative estimate of drug-likeness (QED) is 0.826. The zero-order valence-electron chi connectivity index (χ0n) is 10.9. The Morgan fingerprint density at radius 3 is 3.21 bits per heavy atom. The monoisotopic (exact) mass is 256 g/mol. The lowest BCUT2D eigenvalue weighted by molar-refractivity contribution is -0.131. The Labute approximate surface area is 112 Å². The lowest BCUT2D eigenvalue weighted by atomic mass is 10.1. The number of carbonyl (C=O) groups excluding carboxylic acids is 1. The van der Waals surface area contributed by atoms with E-state index in [0.717, 1.165) is 23.3 Å². The molecule has 19 heavy (non-hydrogen) atoms. The Kier molecular flexibility index (Phi) is 3.07. The summed E-state index contributed by atoms with van der Waals surface area (Å²) < 4.78 is 5.13. The first kappa shape index (κ1) is 12.0. The number of hydrogen-bond acceptors (Lipinski definition) is 3. The molecule has 1 aromatic heterocycles. The third kappa shape index (κ3) is 2.52. The molecule has 0 spiro atoms. The van der Waals surface area contributed by atoms with Crippen LogP contribution in [0.1, 0.15) is 22.5 Å². The van der Waals surface area contributed by atoms with Crippen molar-refractivity contribution in [3.8, 4) is 0 Å². The Morgan fingerprint density at radius 2 is 2.37 bits per heavy atom. The van der Waals surface area contributed by atoms with Crippen LogP contribution in [0.4, 0.5) is 0 Å². The maximum atomic E-state index is 12.3. The maximum absolute atomic E-state index is 12.3. The second kappa shape index (κ2) is 4.88. The van der Waals surface area contributed by atoms with Crippen molar-refractivity contribution in [3.05, 3.63) is 52.9 Å². The molecule has 1 aromatic carbocycles. The molecule has 98 valence electrons. The van der Waals surface area contributed by atoms with Crippen LogP contribution in [0.25, 0.3) is 0 Å². The van der Waals surface area contributed by atoms with Crippen molar-refractivity contribution < 1.29 is 9.32 Å². The normalized spacial score (nSPS) is 14.3. The fraction of sp³-hybridized carbons (Fsp3) is 0.333. The van der Waals surface area contributed by atoms with Crippen molar-refractivity contribution in [3.63, 3.8) is 0 Å². The number of benzene rings is 1. The van der Waals surface area contributed by atoms with Crippen LogP contribution in [0.3, 0.4) is 0 Å². The van der Waals surface area contributed by atoms with Crippen molar-refractivity contribution in [2.24, 2.45) is 0 Å². The first-order chi connectivity index (χ1) is 9.22. The molecule has 0 saturated carbocycles. The number of nitrogens with zero attached hydrogens (tertiary/aromatic N) is 2. The first-order valence-electron chi connectivity index (χ1n) is 6.48. The molecular formula is C15H16N2O2. The van der Waals surface area contributed by atoms with E-state index in [1.807, 2.05) is 30.0 Å². The smallest absolute Gasteiger partial charge is 0.227 e. The van der Waals surface area contributed by atoms with E-state index in [0.29, 0.717) is 19.5 Å². The highest BCUT2D eigenvalue weighted by Crippen LogP contribution is 2.19. The Balaban J connectivity index is 1.69. The molecule has 4 nitrogen and oxygen atoms in total. The molecule has 3 rings (SSSR count). The number of carbonyl (C=O) groups is 1. The summed E-state index contributed by atoms with van der Waals surface area (Å²) in [5.41, 5.74) is 3.29. The van der Waals surface area contributed by atoms with E-state index >= 15 is 0 Å². The van der Waals surface area contributed by atoms with Gasteiger partial charge in [0.05, 0.1) is 19.2 Å². The topological polar surface area (TPSA) is 46.3 Å². The van der Waals surface area contributed by atoms with Gasteiger partial charge in [0.1, 0.15) is 5.76 Å². The number of amides is 1. The summed E-state index contributed by atoms with van der Waals surface area (Å²) in [6.07, 6.45) is 2.93. The van der Waals surface area contributed by atoms with Crippen molar-refractivity contribution in [1.29, 1.82) is 0 Å². The SMILES string of the molecule is Cc1cccc(CC(=O)N2CCc3oncc3C2)c1. The average Bonchev–Trinajstić information content (AvgIpc) is 2.85. The molecule has 0 aliphatic carbocycles. The number of hydrogen-bond donors (Lipinski definition) is 0. The summed E-state index contributed by atoms with van der Waals surface area (Å²) in [6, 6.07) is 8.09. The second-order valence-corrected chi connectivity index (χ2v) is 5.01. The summed E-state index contributed by atoms with van der Waals surface area (Å²) in [5.74, 6) is 1.08. The summed E-state index contributed by atoms with van der Waals surface area (Å²) >= 11 is 0. The molecule has 0 saturated heterocycles. The first-order valence-corrected chi connectivity index (χ1v) is 6.48. The van der Waals surface area contributed by atoms with Crippen LogP contribution in [-0.2, 0) is 24.2 Å². The molecule has 2 heterocycles. The molecule has 0 fully saturated rings. The average molecular weight is 256 g/mol. The third-order valence-electron chi connectivity index (χ3n) is 3.49. The van der Waals surface area contributed by atoms with Crippen LogP contribution >= 0.6 is 0 Å². The molecule has 0 radical (unpaired) electrons. The molecule has 1 aliphatic heterocycles. The largest absolute Gasteiger partial charge is 0.361 e. The fourth-order valence-corrected chi connectivity index (χ4v) is 2.46. The van der Waals surface area contributed by atoms with Gasteiger partial charge in [-0.25, -0.2) is 0 Å². The molecule has 1 aliphatic rings. The van der Waals surface area contributed by atoms with Gasteiger partial charge in [-0.2, -0.15) is 0 Å². The van der Waals surface area contributed by atoms with Crippen LogP contribution in [0.5, 0.6) is 0 Å². The van der Waals surface area contributed by atoms with Gasteiger partial charge >= 0.3 is 0 Å². The van der Waals surface area contributed by atoms with E-state index in [1.54, 1.807) is 6.20 Å². The van der Waals surface area contributed by atoms with Crippen molar-refractivity contribution >= 4 is 5.91 Å². The minimum atomic E-state index is 0.164. The minimum Gasteiger partial charge on any atom is -0.361 e. The third-order valence-corrected chi connectivity index (χ3v) is 3.49. The lowest BCUT2D eigenvalue weighted by Gasteiger charge is -2.25. The summed E-state index contributed by atoms with van der Waals surface area (Å²) in [4.78, 5) is 14.2. The Hall–Kier alpha value is -2.10. The molecule has 4 heteroatoms. The van der Waals surface area contributed by atoms with Crippen LogP contribution in [-0.4, -0.2) is 22.5 Å². The number of fused-ring (bicyclic) bond motifs is 1. The summed E-state index contributed by atoms with van der Waals surface area (Å²) in [6.45, 7) is 3.37. The van der Waals surface area contributed by atoms with Gasteiger partial charge in [0.2, 0.25) is 5.91 Å². The van der Waals surface area contributed by atoms with E-state index in [9.17, 15) is 4.79 Å². The highest BCUT2D eigenvalue weighted by molar-refractivity contribution is 5.79. The van der Waals surface area contributed by atoms with Gasteiger partial charge in [-0.05, 0) is 12.5 Å². The molecule has 0 atom stereocenters. The summed E-state index contributed by atoms with van der Waals surface area (Å²) in [5, 5.41) is 3.78. The van der Waals surface area contributed by atoms with Crippen LogP contribution in [0.15, 0.2) is 35.0 Å². The van der Waals surface area contributed by atoms with Gasteiger partial charge in [-0.15, -0.1) is 0 Å². The maximum Gasteiger partial charge on any atom is 0.227 e. The Bertz CT molecular complexity index is 604. The zero-order valence-corrected chi connectivity index (χ0v) is 10.9. The molecule has 0 unspecified atom stereocenters. The predicted molar refractivity (Wildman–Crippen MR) is 70.5 cm³/mol. The number of aromatic nitrogens is 1. The predicted octanol–water partition coefficient (Wildman–Crippen LogP) is 2.11. The van der Waals surface area contributed by atoms with Gasteiger partial charge in [0, 0.05) is 18.5 Å². The van der Waals surface area contributed by atoms with E-state index in [4.69, 9.17) is 4.52 Å². The Morgan fingerprint density at radius 1 is 1.47 bits per heavy atom. The van der Waals surface area contributed by atoms with Crippen molar-refractivity contribution in [1.82, 2.24) is 10.1 Å². The van der Waals surface area contributed by atoms with Crippen LogP contribution in [0, 0.1) is 6.92 Å². The summed E-state index contributed by atoms with van der Waals surface area (Å²) in [7, 11) is 0. The lowest BCUT2D eigenvalue weighted by Crippen LogP contribution is -2.36. The van der Waals surface area contributed by atoms with Crippen LogP contribution < -0.4 is 0 Å². The minimum absolute atomic E-state index is 0.164. The molecule has 0 N–H and O–H groups in total. The van der Waals surface area contributed by atoms with E-state index in [2.05, 4.69) is 11.2 Å². The van der Waals surface area contributed by atoms with E-state index in [-0.39, 0.29) is 5.91 Å². The van der Waals surface area contributed by atoms with Crippen molar-refractivity contribution in [2.75, 3.05) is 6.54 Å². The van der Waals surface area contributed by atoms with Gasteiger partial charge in [0.15, 0.2) is 0 Å². The molecule has 1 amide bonds. The number of rotatable bonds is 2. The highest BCUT2D eigenvalue weighted by Gasteiger charge is 2.23. The second-order valence-electron chi connectivity index (χ2n) is 5.01. The number of aryl methyl sites for hydroxylation is 1. The molecular weight excluding hydrogens is 240 g/mol. The van der Waals surface area contributed by atoms with Gasteiger partial charge in [0.25, 0.3) is 0 Å². The van der Waals surface area contributed by atoms with Gasteiger partial charge in [-0.3, -0.25) is 4.79 Å². The molecule has 0 bridgehead atoms. The van der Waals surface area contributed by atoms with E-state index in [1.165, 1.54) is 5.56 Å². The molecule has 2 aromatic rings. The van der Waals surface area contributed by atoms with Gasteiger partial charge in [-0.1, -0.05) is 35.0 Å².